The molecule has 0 spiro atoms. The van der Waals surface area contributed by atoms with Gasteiger partial charge in [0, 0.05) is 73.9 Å². The summed E-state index contributed by atoms with van der Waals surface area (Å²) >= 11 is 0. The van der Waals surface area contributed by atoms with E-state index in [1.807, 2.05) is 29.2 Å². The van der Waals surface area contributed by atoms with Gasteiger partial charge >= 0.3 is 6.03 Å². The highest BCUT2D eigenvalue weighted by Gasteiger charge is 2.25. The zero-order chi connectivity index (χ0) is 31.2. The summed E-state index contributed by atoms with van der Waals surface area (Å²) in [7, 11) is 4.17. The van der Waals surface area contributed by atoms with E-state index in [1.165, 1.54) is 0 Å². The summed E-state index contributed by atoms with van der Waals surface area (Å²) in [4.78, 5) is 44.1. The van der Waals surface area contributed by atoms with Crippen molar-refractivity contribution < 1.29 is 19.1 Å². The van der Waals surface area contributed by atoms with E-state index in [1.54, 1.807) is 24.3 Å². The summed E-state index contributed by atoms with van der Waals surface area (Å²) in [5.41, 5.74) is 2.73. The van der Waals surface area contributed by atoms with E-state index in [-0.39, 0.29) is 11.9 Å². The molecule has 0 unspecified atom stereocenters. The SMILES string of the molecule is CN(C)C1CCN(C(=O)c2ccc(NC(=O)Nc3ccc(-c4nc(N5CCOCC5)cc(N5CCOCC5)n4)cc3)cc2)CC1. The van der Waals surface area contributed by atoms with Crippen molar-refractivity contribution in [3.05, 3.63) is 60.2 Å². The third kappa shape index (κ3) is 7.70. The molecule has 3 aromatic rings. The van der Waals surface area contributed by atoms with Crippen molar-refractivity contribution in [2.75, 3.05) is 100 Å². The molecule has 12 nitrogen and oxygen atoms in total. The zero-order valence-corrected chi connectivity index (χ0v) is 26.1. The third-order valence-corrected chi connectivity index (χ3v) is 8.64. The van der Waals surface area contributed by atoms with Gasteiger partial charge in [0.2, 0.25) is 0 Å². The summed E-state index contributed by atoms with van der Waals surface area (Å²) in [5, 5.41) is 5.73. The number of morpholine rings is 2. The number of rotatable bonds is 7. The predicted octanol–water partition coefficient (Wildman–Crippen LogP) is 3.63. The third-order valence-electron chi connectivity index (χ3n) is 8.64. The van der Waals surface area contributed by atoms with Crippen LogP contribution in [0.1, 0.15) is 23.2 Å². The molecule has 3 aliphatic rings. The van der Waals surface area contributed by atoms with Crippen LogP contribution < -0.4 is 20.4 Å². The molecular weight excluding hydrogens is 572 g/mol. The van der Waals surface area contributed by atoms with Gasteiger partial charge in [0.15, 0.2) is 5.82 Å². The Morgan fingerprint density at radius 3 is 1.71 bits per heavy atom. The number of hydrogen-bond acceptors (Lipinski definition) is 9. The average molecular weight is 615 g/mol. The summed E-state index contributed by atoms with van der Waals surface area (Å²) in [6.45, 7) is 7.34. The fourth-order valence-corrected chi connectivity index (χ4v) is 5.92. The standard InChI is InChI=1S/C33H42N8O4/c1-38(2)28-11-13-41(14-12-28)32(42)25-5-9-27(10-6-25)35-33(43)34-26-7-3-24(4-8-26)31-36-29(39-15-19-44-20-16-39)23-30(37-31)40-17-21-45-22-18-40/h3-10,23,28H,11-22H2,1-2H3,(H2,34,35,43). The average Bonchev–Trinajstić information content (AvgIpc) is 3.09. The lowest BCUT2D eigenvalue weighted by molar-refractivity contribution is 0.0663. The Kier molecular flexibility index (Phi) is 9.72. The molecule has 12 heteroatoms. The van der Waals surface area contributed by atoms with E-state index in [4.69, 9.17) is 19.4 Å². The van der Waals surface area contributed by atoms with Crippen LogP contribution in [0, 0.1) is 0 Å². The number of carbonyl (C=O) groups is 2. The number of urea groups is 1. The molecule has 4 heterocycles. The molecule has 2 N–H and O–H groups in total. The smallest absolute Gasteiger partial charge is 0.323 e. The van der Waals surface area contributed by atoms with Crippen LogP contribution >= 0.6 is 0 Å². The van der Waals surface area contributed by atoms with Crippen molar-refractivity contribution in [3.63, 3.8) is 0 Å². The van der Waals surface area contributed by atoms with Gasteiger partial charge in [0.25, 0.3) is 5.91 Å². The van der Waals surface area contributed by atoms with E-state index in [9.17, 15) is 9.59 Å². The maximum atomic E-state index is 13.0. The lowest BCUT2D eigenvalue weighted by atomic mass is 10.0. The summed E-state index contributed by atoms with van der Waals surface area (Å²) in [5.74, 6) is 2.42. The number of benzene rings is 2. The minimum atomic E-state index is -0.368. The largest absolute Gasteiger partial charge is 0.378 e. The van der Waals surface area contributed by atoms with E-state index in [0.29, 0.717) is 55.2 Å². The Hall–Kier alpha value is -4.26. The minimum Gasteiger partial charge on any atom is -0.378 e. The normalized spacial score (nSPS) is 17.8. The van der Waals surface area contributed by atoms with E-state index >= 15 is 0 Å². The number of likely N-dealkylation sites (tertiary alicyclic amines) is 1. The minimum absolute atomic E-state index is 0.0276. The Bertz CT molecular complexity index is 1410. The van der Waals surface area contributed by atoms with Crippen LogP contribution in [0.15, 0.2) is 54.6 Å². The quantitative estimate of drug-likeness (QED) is 0.412. The first kappa shape index (κ1) is 30.8. The zero-order valence-electron chi connectivity index (χ0n) is 26.1. The number of nitrogens with one attached hydrogen (secondary N) is 2. The van der Waals surface area contributed by atoms with Crippen LogP contribution in [0.2, 0.25) is 0 Å². The first-order chi connectivity index (χ1) is 21.9. The van der Waals surface area contributed by atoms with Crippen LogP contribution in [0.25, 0.3) is 11.4 Å². The first-order valence-electron chi connectivity index (χ1n) is 15.7. The second kappa shape index (κ2) is 14.2. The molecule has 0 bridgehead atoms. The number of amides is 3. The van der Waals surface area contributed by atoms with Crippen molar-refractivity contribution in [2.45, 2.75) is 18.9 Å². The van der Waals surface area contributed by atoms with Gasteiger partial charge in [-0.1, -0.05) is 0 Å². The molecule has 2 aromatic carbocycles. The predicted molar refractivity (Wildman–Crippen MR) is 175 cm³/mol. The van der Waals surface area contributed by atoms with Crippen LogP contribution in [-0.4, -0.2) is 118 Å². The number of aromatic nitrogens is 2. The monoisotopic (exact) mass is 614 g/mol. The van der Waals surface area contributed by atoms with Crippen molar-refractivity contribution in [1.82, 2.24) is 19.8 Å². The van der Waals surface area contributed by atoms with Crippen molar-refractivity contribution in [3.8, 4) is 11.4 Å². The molecule has 238 valence electrons. The maximum absolute atomic E-state index is 13.0. The molecule has 0 saturated carbocycles. The second-order valence-electron chi connectivity index (χ2n) is 11.8. The van der Waals surface area contributed by atoms with E-state index in [2.05, 4.69) is 45.5 Å². The Morgan fingerprint density at radius 1 is 0.733 bits per heavy atom. The number of nitrogens with zero attached hydrogens (tertiary/aromatic N) is 6. The van der Waals surface area contributed by atoms with Gasteiger partial charge in [0.1, 0.15) is 11.6 Å². The number of carbonyl (C=O) groups excluding carboxylic acids is 2. The molecule has 3 aliphatic heterocycles. The number of piperidine rings is 1. The number of anilines is 4. The summed E-state index contributed by atoms with van der Waals surface area (Å²) in [6, 6.07) is 16.8. The van der Waals surface area contributed by atoms with Crippen LogP contribution in [0.3, 0.4) is 0 Å². The van der Waals surface area contributed by atoms with Gasteiger partial charge in [-0.05, 0) is 75.5 Å². The Morgan fingerprint density at radius 2 is 1.22 bits per heavy atom. The molecule has 0 atom stereocenters. The first-order valence-corrected chi connectivity index (χ1v) is 15.7. The lowest BCUT2D eigenvalue weighted by Crippen LogP contribution is -2.44. The topological polar surface area (TPSA) is 115 Å². The highest BCUT2D eigenvalue weighted by molar-refractivity contribution is 6.00. The van der Waals surface area contributed by atoms with Crippen LogP contribution in [-0.2, 0) is 9.47 Å². The molecule has 0 radical (unpaired) electrons. The van der Waals surface area contributed by atoms with Gasteiger partial charge in [-0.25, -0.2) is 14.8 Å². The van der Waals surface area contributed by atoms with Gasteiger partial charge in [-0.2, -0.15) is 0 Å². The van der Waals surface area contributed by atoms with Crippen LogP contribution in [0.4, 0.5) is 27.8 Å². The Balaban J connectivity index is 1.07. The highest BCUT2D eigenvalue weighted by atomic mass is 16.5. The molecule has 1 aromatic heterocycles. The lowest BCUT2D eigenvalue weighted by Gasteiger charge is -2.35. The van der Waals surface area contributed by atoms with Gasteiger partial charge in [-0.15, -0.1) is 0 Å². The van der Waals surface area contributed by atoms with Crippen LogP contribution in [0.5, 0.6) is 0 Å². The fraction of sp³-hybridized carbons (Fsp3) is 0.455. The van der Waals surface area contributed by atoms with Gasteiger partial charge in [-0.3, -0.25) is 4.79 Å². The molecule has 3 amide bonds. The molecule has 3 saturated heterocycles. The molecular formula is C33H42N8O4. The molecule has 45 heavy (non-hydrogen) atoms. The Labute approximate surface area is 264 Å². The van der Waals surface area contributed by atoms with Gasteiger partial charge < -0.3 is 39.7 Å². The van der Waals surface area contributed by atoms with Crippen molar-refractivity contribution in [1.29, 1.82) is 0 Å². The second-order valence-corrected chi connectivity index (χ2v) is 11.8. The number of hydrogen-bond donors (Lipinski definition) is 2. The summed E-state index contributed by atoms with van der Waals surface area (Å²) < 4.78 is 11.1. The van der Waals surface area contributed by atoms with Crippen molar-refractivity contribution >= 4 is 34.9 Å². The molecule has 0 aliphatic carbocycles. The summed E-state index contributed by atoms with van der Waals surface area (Å²) in [6.07, 6.45) is 1.95. The fourth-order valence-electron chi connectivity index (χ4n) is 5.92. The van der Waals surface area contributed by atoms with Gasteiger partial charge in [0.05, 0.1) is 26.4 Å². The molecule has 3 fully saturated rings. The highest BCUT2D eigenvalue weighted by Crippen LogP contribution is 2.27. The van der Waals surface area contributed by atoms with Crippen molar-refractivity contribution in [2.24, 2.45) is 0 Å². The van der Waals surface area contributed by atoms with E-state index in [0.717, 1.165) is 69.3 Å². The number of ether oxygens (including phenoxy) is 2. The van der Waals surface area contributed by atoms with E-state index < -0.39 is 0 Å². The molecule has 6 rings (SSSR count). The maximum Gasteiger partial charge on any atom is 0.323 e.